The van der Waals surface area contributed by atoms with Crippen LogP contribution in [0.25, 0.3) is 0 Å². The molecule has 0 aromatic rings. The topological polar surface area (TPSA) is 63.3 Å². The van der Waals surface area contributed by atoms with Crippen LogP contribution in [0.15, 0.2) is 0 Å². The molecule has 0 saturated heterocycles. The van der Waals surface area contributed by atoms with Crippen molar-refractivity contribution >= 4 is 5.97 Å². The fourth-order valence-corrected chi connectivity index (χ4v) is 2.63. The average molecular weight is 155 g/mol. The molecule has 3 nitrogen and oxygen atoms in total. The summed E-state index contributed by atoms with van der Waals surface area (Å²) in [5.74, 6) is 0.0517. The molecule has 0 radical (unpaired) electrons. The summed E-state index contributed by atoms with van der Waals surface area (Å²) in [5, 5.41) is 8.87. The standard InChI is InChI=1S/C8H13NO2/c9-8(7(10)11)4-5-1-2-6(8)3-5/h5-6H,1-4,9H2,(H,10,11)/t5-,6+,8+/m0/s1. The quantitative estimate of drug-likeness (QED) is 0.582. The maximum atomic E-state index is 10.8. The molecule has 0 aromatic heterocycles. The van der Waals surface area contributed by atoms with E-state index in [1.165, 1.54) is 6.42 Å². The van der Waals surface area contributed by atoms with E-state index in [1.807, 2.05) is 0 Å². The first-order valence-corrected chi connectivity index (χ1v) is 4.15. The molecule has 0 aromatic carbocycles. The highest BCUT2D eigenvalue weighted by atomic mass is 16.4. The summed E-state index contributed by atoms with van der Waals surface area (Å²) in [6, 6.07) is 0. The number of aliphatic carboxylic acids is 1. The van der Waals surface area contributed by atoms with E-state index in [0.717, 1.165) is 12.8 Å². The van der Waals surface area contributed by atoms with Crippen molar-refractivity contribution in [3.05, 3.63) is 0 Å². The van der Waals surface area contributed by atoms with Crippen LogP contribution >= 0.6 is 0 Å². The Kier molecular flexibility index (Phi) is 1.27. The summed E-state index contributed by atoms with van der Waals surface area (Å²) in [5.41, 5.74) is 4.92. The van der Waals surface area contributed by atoms with Crippen LogP contribution in [0.1, 0.15) is 25.7 Å². The largest absolute Gasteiger partial charge is 0.480 e. The Morgan fingerprint density at radius 3 is 2.55 bits per heavy atom. The summed E-state index contributed by atoms with van der Waals surface area (Å²) in [4.78, 5) is 10.8. The Balaban J connectivity index is 2.23. The fraction of sp³-hybridized carbons (Fsp3) is 0.875. The third-order valence-electron chi connectivity index (χ3n) is 3.29. The summed E-state index contributed by atoms with van der Waals surface area (Å²) in [6.07, 6.45) is 3.96. The lowest BCUT2D eigenvalue weighted by Gasteiger charge is -2.28. The monoisotopic (exact) mass is 155 g/mol. The van der Waals surface area contributed by atoms with Gasteiger partial charge >= 0.3 is 5.97 Å². The number of rotatable bonds is 1. The number of carboxylic acid groups (broad SMARTS) is 1. The van der Waals surface area contributed by atoms with E-state index < -0.39 is 11.5 Å². The highest BCUT2D eigenvalue weighted by Crippen LogP contribution is 2.49. The van der Waals surface area contributed by atoms with Crippen molar-refractivity contribution < 1.29 is 9.90 Å². The minimum Gasteiger partial charge on any atom is -0.480 e. The van der Waals surface area contributed by atoms with Crippen LogP contribution in [0.5, 0.6) is 0 Å². The van der Waals surface area contributed by atoms with Crippen LogP contribution in [0.3, 0.4) is 0 Å². The molecule has 0 unspecified atom stereocenters. The fourth-order valence-electron chi connectivity index (χ4n) is 2.63. The lowest BCUT2D eigenvalue weighted by Crippen LogP contribution is -2.52. The summed E-state index contributed by atoms with van der Waals surface area (Å²) in [6.45, 7) is 0. The van der Waals surface area contributed by atoms with E-state index in [4.69, 9.17) is 10.8 Å². The number of nitrogens with two attached hydrogens (primary N) is 1. The molecule has 0 aliphatic heterocycles. The van der Waals surface area contributed by atoms with Crippen molar-refractivity contribution in [2.24, 2.45) is 17.6 Å². The Morgan fingerprint density at radius 2 is 2.27 bits per heavy atom. The highest BCUT2D eigenvalue weighted by molar-refractivity contribution is 5.79. The first-order valence-electron chi connectivity index (χ1n) is 4.15. The molecule has 62 valence electrons. The molecule has 2 aliphatic carbocycles. The molecule has 2 saturated carbocycles. The second-order valence-electron chi connectivity index (χ2n) is 3.93. The molecule has 3 heteroatoms. The van der Waals surface area contributed by atoms with Gasteiger partial charge < -0.3 is 10.8 Å². The van der Waals surface area contributed by atoms with Crippen molar-refractivity contribution in [1.29, 1.82) is 0 Å². The van der Waals surface area contributed by atoms with E-state index in [9.17, 15) is 4.79 Å². The molecule has 2 aliphatic rings. The van der Waals surface area contributed by atoms with Gasteiger partial charge in [-0.25, -0.2) is 0 Å². The third kappa shape index (κ3) is 0.805. The first-order chi connectivity index (χ1) is 5.13. The zero-order valence-corrected chi connectivity index (χ0v) is 6.42. The molecular formula is C8H13NO2. The van der Waals surface area contributed by atoms with Gasteiger partial charge in [-0.15, -0.1) is 0 Å². The van der Waals surface area contributed by atoms with Crippen LogP contribution in [0, 0.1) is 11.8 Å². The van der Waals surface area contributed by atoms with Gasteiger partial charge in [-0.3, -0.25) is 4.79 Å². The van der Waals surface area contributed by atoms with Crippen molar-refractivity contribution in [2.75, 3.05) is 0 Å². The van der Waals surface area contributed by atoms with E-state index in [0.29, 0.717) is 12.3 Å². The van der Waals surface area contributed by atoms with Gasteiger partial charge in [0.15, 0.2) is 0 Å². The minimum absolute atomic E-state index is 0.255. The van der Waals surface area contributed by atoms with Gasteiger partial charge in [0.2, 0.25) is 0 Å². The van der Waals surface area contributed by atoms with Gasteiger partial charge in [-0.05, 0) is 31.1 Å². The first kappa shape index (κ1) is 7.10. The van der Waals surface area contributed by atoms with Crippen molar-refractivity contribution in [2.45, 2.75) is 31.2 Å². The second kappa shape index (κ2) is 1.97. The third-order valence-corrected chi connectivity index (χ3v) is 3.29. The summed E-state index contributed by atoms with van der Waals surface area (Å²) < 4.78 is 0. The Morgan fingerprint density at radius 1 is 1.55 bits per heavy atom. The van der Waals surface area contributed by atoms with Crippen LogP contribution < -0.4 is 5.73 Å². The van der Waals surface area contributed by atoms with Crippen molar-refractivity contribution in [3.63, 3.8) is 0 Å². The molecule has 2 rings (SSSR count). The lowest BCUT2D eigenvalue weighted by atomic mass is 9.82. The number of carbonyl (C=O) groups is 1. The maximum Gasteiger partial charge on any atom is 0.323 e. The predicted molar refractivity (Wildman–Crippen MR) is 40.0 cm³/mol. The maximum absolute atomic E-state index is 10.8. The van der Waals surface area contributed by atoms with Gasteiger partial charge in [-0.2, -0.15) is 0 Å². The number of hydrogen-bond acceptors (Lipinski definition) is 2. The molecule has 0 spiro atoms. The average Bonchev–Trinajstić information content (AvgIpc) is 2.45. The highest BCUT2D eigenvalue weighted by Gasteiger charge is 2.53. The van der Waals surface area contributed by atoms with Crippen LogP contribution in [0.4, 0.5) is 0 Å². The van der Waals surface area contributed by atoms with Crippen LogP contribution in [-0.4, -0.2) is 16.6 Å². The molecule has 3 atom stereocenters. The number of carboxylic acids is 1. The molecular weight excluding hydrogens is 142 g/mol. The Labute approximate surface area is 65.6 Å². The van der Waals surface area contributed by atoms with Crippen molar-refractivity contribution in [1.82, 2.24) is 0 Å². The number of fused-ring (bicyclic) bond motifs is 2. The van der Waals surface area contributed by atoms with Crippen molar-refractivity contribution in [3.8, 4) is 0 Å². The minimum atomic E-state index is -0.872. The van der Waals surface area contributed by atoms with Gasteiger partial charge in [0.1, 0.15) is 5.54 Å². The Bertz CT molecular complexity index is 204. The molecule has 11 heavy (non-hydrogen) atoms. The van der Waals surface area contributed by atoms with Gasteiger partial charge in [0.25, 0.3) is 0 Å². The molecule has 2 fully saturated rings. The van der Waals surface area contributed by atoms with Crippen LogP contribution in [-0.2, 0) is 4.79 Å². The van der Waals surface area contributed by atoms with Gasteiger partial charge in [-0.1, -0.05) is 6.42 Å². The van der Waals surface area contributed by atoms with E-state index in [1.54, 1.807) is 0 Å². The molecule has 2 bridgehead atoms. The van der Waals surface area contributed by atoms with E-state index >= 15 is 0 Å². The second-order valence-corrected chi connectivity index (χ2v) is 3.93. The van der Waals surface area contributed by atoms with Gasteiger partial charge in [0.05, 0.1) is 0 Å². The SMILES string of the molecule is N[C@]1(C(=O)O)C[C@H]2CC[C@@H]1C2. The van der Waals surface area contributed by atoms with Crippen LogP contribution in [0.2, 0.25) is 0 Å². The predicted octanol–water partition coefficient (Wildman–Crippen LogP) is 0.588. The molecule has 0 heterocycles. The lowest BCUT2D eigenvalue weighted by molar-refractivity contribution is -0.145. The Hall–Kier alpha value is -0.570. The number of hydrogen-bond donors (Lipinski definition) is 2. The zero-order chi connectivity index (χ0) is 8.06. The smallest absolute Gasteiger partial charge is 0.323 e. The summed E-state index contributed by atoms with van der Waals surface area (Å²) in [7, 11) is 0. The molecule has 0 amide bonds. The van der Waals surface area contributed by atoms with E-state index in [2.05, 4.69) is 0 Å². The normalized spacial score (nSPS) is 48.1. The zero-order valence-electron chi connectivity index (χ0n) is 6.42. The summed E-state index contributed by atoms with van der Waals surface area (Å²) >= 11 is 0. The van der Waals surface area contributed by atoms with Gasteiger partial charge in [0, 0.05) is 0 Å². The van der Waals surface area contributed by atoms with E-state index in [-0.39, 0.29) is 5.92 Å². The molecule has 3 N–H and O–H groups in total.